The van der Waals surface area contributed by atoms with Gasteiger partial charge in [0, 0.05) is 6.42 Å². The lowest BCUT2D eigenvalue weighted by atomic mass is 10.1. The number of hydrogen-bond acceptors (Lipinski definition) is 1. The molecule has 1 aliphatic heterocycles. The molecule has 1 nitrogen and oxygen atoms in total. The second kappa shape index (κ2) is 10.9. The Balaban J connectivity index is 1.81. The minimum absolute atomic E-state index is 0.189. The number of rotatable bonds is 8. The topological polar surface area (TPSA) is 9.23 Å². The molecule has 0 bridgehead atoms. The summed E-state index contributed by atoms with van der Waals surface area (Å²) < 4.78 is 6.96. The zero-order chi connectivity index (χ0) is 21.4. The average Bonchev–Trinajstić information content (AvgIpc) is 2.85. The molecule has 0 radical (unpaired) electrons. The highest BCUT2D eigenvalue weighted by Gasteiger charge is 2.54. The van der Waals surface area contributed by atoms with Crippen LogP contribution in [0.1, 0.15) is 45.4 Å². The molecule has 0 N–H and O–H groups in total. The Hall–Kier alpha value is -2.21. The Morgan fingerprint density at radius 1 is 0.774 bits per heavy atom. The minimum Gasteiger partial charge on any atom is -0.335 e. The summed E-state index contributed by atoms with van der Waals surface area (Å²) in [7, 11) is -1.97. The van der Waals surface area contributed by atoms with Crippen molar-refractivity contribution in [3.05, 3.63) is 103 Å². The van der Waals surface area contributed by atoms with E-state index >= 15 is 0 Å². The standard InChI is InChI=1S/C29H34OP/c1-2-3-4-8-16-25-17-15-24-29(30-25)31(26-18-9-5-10-19-26,27-20-11-6-12-21-27)28-22-13-7-14-23-28/h5-14,16,18-23,25,29H,2-4,15,17,24H2,1H3/q+1/b16-8+. The molecule has 0 amide bonds. The van der Waals surface area contributed by atoms with Gasteiger partial charge >= 0.3 is 0 Å². The first-order chi connectivity index (χ1) is 15.4. The van der Waals surface area contributed by atoms with Gasteiger partial charge < -0.3 is 4.74 Å². The van der Waals surface area contributed by atoms with Crippen LogP contribution < -0.4 is 15.9 Å². The fourth-order valence-corrected chi connectivity index (χ4v) is 9.49. The summed E-state index contributed by atoms with van der Waals surface area (Å²) >= 11 is 0. The Morgan fingerprint density at radius 2 is 1.29 bits per heavy atom. The summed E-state index contributed by atoms with van der Waals surface area (Å²) in [6, 6.07) is 33.4. The first-order valence-electron chi connectivity index (χ1n) is 11.7. The molecule has 31 heavy (non-hydrogen) atoms. The van der Waals surface area contributed by atoms with E-state index in [0.29, 0.717) is 0 Å². The zero-order valence-electron chi connectivity index (χ0n) is 18.6. The van der Waals surface area contributed by atoms with Crippen molar-refractivity contribution in [3.63, 3.8) is 0 Å². The molecule has 3 aromatic carbocycles. The largest absolute Gasteiger partial charge is 0.335 e. The summed E-state index contributed by atoms with van der Waals surface area (Å²) in [5, 5.41) is 4.23. The van der Waals surface area contributed by atoms with Crippen LogP contribution in [0.3, 0.4) is 0 Å². The summed E-state index contributed by atoms with van der Waals surface area (Å²) in [4.78, 5) is 0. The van der Waals surface area contributed by atoms with E-state index in [1.165, 1.54) is 35.2 Å². The summed E-state index contributed by atoms with van der Waals surface area (Å²) in [6.07, 6.45) is 12.0. The van der Waals surface area contributed by atoms with Crippen LogP contribution in [0.4, 0.5) is 0 Å². The first kappa shape index (κ1) is 22.0. The highest BCUT2D eigenvalue weighted by molar-refractivity contribution is 7.96. The van der Waals surface area contributed by atoms with Crippen LogP contribution in [0.15, 0.2) is 103 Å². The van der Waals surface area contributed by atoms with E-state index in [-0.39, 0.29) is 11.9 Å². The van der Waals surface area contributed by atoms with E-state index in [4.69, 9.17) is 4.74 Å². The highest BCUT2D eigenvalue weighted by atomic mass is 31.2. The Labute approximate surface area is 188 Å². The zero-order valence-corrected chi connectivity index (χ0v) is 19.5. The molecule has 0 aliphatic carbocycles. The van der Waals surface area contributed by atoms with Gasteiger partial charge in [-0.1, -0.05) is 86.5 Å². The van der Waals surface area contributed by atoms with E-state index in [1.54, 1.807) is 0 Å². The van der Waals surface area contributed by atoms with Crippen LogP contribution >= 0.6 is 7.26 Å². The van der Waals surface area contributed by atoms with Crippen molar-refractivity contribution in [2.75, 3.05) is 0 Å². The number of hydrogen-bond donors (Lipinski definition) is 0. The number of benzene rings is 3. The third-order valence-electron chi connectivity index (χ3n) is 6.27. The molecule has 1 saturated heterocycles. The lowest BCUT2D eigenvalue weighted by Crippen LogP contribution is -2.42. The predicted octanol–water partition coefficient (Wildman–Crippen LogP) is 6.62. The van der Waals surface area contributed by atoms with E-state index < -0.39 is 7.26 Å². The lowest BCUT2D eigenvalue weighted by Gasteiger charge is -2.38. The molecule has 1 aliphatic rings. The Kier molecular flexibility index (Phi) is 7.73. The molecule has 2 heteroatoms. The third-order valence-corrected chi connectivity index (χ3v) is 10.9. The molecule has 2 unspecified atom stereocenters. The molecule has 160 valence electrons. The average molecular weight is 430 g/mol. The Bertz CT molecular complexity index is 840. The normalized spacial score (nSPS) is 19.5. The summed E-state index contributed by atoms with van der Waals surface area (Å²) in [5.41, 5.74) is 0. The summed E-state index contributed by atoms with van der Waals surface area (Å²) in [5.74, 6) is 0.189. The van der Waals surface area contributed by atoms with Crippen molar-refractivity contribution in [1.82, 2.24) is 0 Å². The van der Waals surface area contributed by atoms with Crippen molar-refractivity contribution in [2.24, 2.45) is 0 Å². The molecule has 1 heterocycles. The van der Waals surface area contributed by atoms with Crippen LogP contribution in [0.25, 0.3) is 0 Å². The molecule has 1 fully saturated rings. The monoisotopic (exact) mass is 429 g/mol. The molecule has 0 saturated carbocycles. The maximum absolute atomic E-state index is 6.96. The molecule has 2 atom stereocenters. The van der Waals surface area contributed by atoms with Gasteiger partial charge in [-0.05, 0) is 55.7 Å². The van der Waals surface area contributed by atoms with Gasteiger partial charge in [0.05, 0.1) is 6.10 Å². The van der Waals surface area contributed by atoms with Crippen LogP contribution in [-0.2, 0) is 4.74 Å². The van der Waals surface area contributed by atoms with Crippen molar-refractivity contribution in [2.45, 2.75) is 57.4 Å². The summed E-state index contributed by atoms with van der Waals surface area (Å²) in [6.45, 7) is 2.25. The molecule has 4 rings (SSSR count). The van der Waals surface area contributed by atoms with Gasteiger partial charge in [0.1, 0.15) is 23.2 Å². The van der Waals surface area contributed by atoms with E-state index in [1.807, 2.05) is 0 Å². The highest BCUT2D eigenvalue weighted by Crippen LogP contribution is 2.62. The number of allylic oxidation sites excluding steroid dienone is 1. The lowest BCUT2D eigenvalue weighted by molar-refractivity contribution is 0.0215. The number of ether oxygens (including phenoxy) is 1. The molecular formula is C29H34OP+. The van der Waals surface area contributed by atoms with Crippen molar-refractivity contribution in [1.29, 1.82) is 0 Å². The smallest absolute Gasteiger partial charge is 0.181 e. The van der Waals surface area contributed by atoms with Crippen LogP contribution in [0.2, 0.25) is 0 Å². The molecule has 0 aromatic heterocycles. The van der Waals surface area contributed by atoms with Crippen molar-refractivity contribution in [3.8, 4) is 0 Å². The van der Waals surface area contributed by atoms with Gasteiger partial charge in [-0.3, -0.25) is 0 Å². The second-order valence-corrected chi connectivity index (χ2v) is 11.9. The van der Waals surface area contributed by atoms with Gasteiger partial charge in [-0.2, -0.15) is 0 Å². The maximum atomic E-state index is 6.96. The van der Waals surface area contributed by atoms with Crippen LogP contribution in [0, 0.1) is 0 Å². The van der Waals surface area contributed by atoms with Crippen molar-refractivity contribution >= 4 is 23.2 Å². The Morgan fingerprint density at radius 3 is 1.77 bits per heavy atom. The quantitative estimate of drug-likeness (QED) is 0.222. The van der Waals surface area contributed by atoms with Gasteiger partial charge in [0.25, 0.3) is 0 Å². The number of unbranched alkanes of at least 4 members (excludes halogenated alkanes) is 2. The van der Waals surface area contributed by atoms with Crippen LogP contribution in [-0.4, -0.2) is 11.9 Å². The maximum Gasteiger partial charge on any atom is 0.181 e. The van der Waals surface area contributed by atoms with Gasteiger partial charge in [0.2, 0.25) is 0 Å². The van der Waals surface area contributed by atoms with E-state index in [9.17, 15) is 0 Å². The van der Waals surface area contributed by atoms with E-state index in [0.717, 1.165) is 19.3 Å². The molecule has 0 spiro atoms. The van der Waals surface area contributed by atoms with E-state index in [2.05, 4.69) is 110 Å². The van der Waals surface area contributed by atoms with Gasteiger partial charge in [-0.15, -0.1) is 0 Å². The fourth-order valence-electron chi connectivity index (χ4n) is 4.76. The van der Waals surface area contributed by atoms with Crippen LogP contribution in [0.5, 0.6) is 0 Å². The van der Waals surface area contributed by atoms with Gasteiger partial charge in [-0.25, -0.2) is 0 Å². The minimum atomic E-state index is -1.97. The third kappa shape index (κ3) is 4.84. The first-order valence-corrected chi connectivity index (χ1v) is 13.6. The second-order valence-electron chi connectivity index (χ2n) is 8.36. The van der Waals surface area contributed by atoms with Gasteiger partial charge in [0.15, 0.2) is 5.85 Å². The predicted molar refractivity (Wildman–Crippen MR) is 136 cm³/mol. The molecule has 3 aromatic rings. The molecular weight excluding hydrogens is 395 g/mol. The SMILES string of the molecule is CCCC/C=C/C1CCCC([P+](c2ccccc2)(c2ccccc2)c2ccccc2)O1. The fraction of sp³-hybridized carbons (Fsp3) is 0.310. The van der Waals surface area contributed by atoms with Crippen molar-refractivity contribution < 1.29 is 4.74 Å².